The summed E-state index contributed by atoms with van der Waals surface area (Å²) >= 11 is 0. The number of nitrogens with zero attached hydrogens (tertiary/aromatic N) is 1. The molecule has 110 valence electrons. The van der Waals surface area contributed by atoms with Crippen LogP contribution in [0.1, 0.15) is 34.6 Å². The van der Waals surface area contributed by atoms with E-state index in [4.69, 9.17) is 0 Å². The summed E-state index contributed by atoms with van der Waals surface area (Å²) < 4.78 is 0. The Balaban J connectivity index is 4.85. The van der Waals surface area contributed by atoms with Crippen LogP contribution in [-0.4, -0.2) is 52.6 Å². The lowest BCUT2D eigenvalue weighted by molar-refractivity contribution is -0.152. The molecule has 0 aromatic carbocycles. The molecule has 0 aromatic rings. The molecule has 1 atom stereocenters. The molecule has 0 saturated carbocycles. The Morgan fingerprint density at radius 3 is 2.16 bits per heavy atom. The lowest BCUT2D eigenvalue weighted by Crippen LogP contribution is -2.59. The fourth-order valence-corrected chi connectivity index (χ4v) is 1.84. The van der Waals surface area contributed by atoms with Crippen LogP contribution >= 0.6 is 0 Å². The molecule has 0 bridgehead atoms. The minimum absolute atomic E-state index is 0.378. The van der Waals surface area contributed by atoms with Crippen LogP contribution in [0.25, 0.3) is 0 Å². The van der Waals surface area contributed by atoms with E-state index in [9.17, 15) is 19.5 Å². The topological polar surface area (TPSA) is 98.7 Å². The number of carbonyl (C=O) groups excluding carboxylic acids is 2. The first-order valence-corrected chi connectivity index (χ1v) is 6.27. The van der Waals surface area contributed by atoms with E-state index in [2.05, 4.69) is 10.6 Å². The standard InChI is InChI=1S/C12H23N3O4/c1-6-13-11(19)14-9(16)8(3)15(7-2)12(4,5)10(17)18/h8H,6-7H2,1-5H3,(H,17,18)(H2,13,14,16,19). The summed E-state index contributed by atoms with van der Waals surface area (Å²) in [5, 5.41) is 13.8. The second-order valence-electron chi connectivity index (χ2n) is 4.67. The van der Waals surface area contributed by atoms with Crippen molar-refractivity contribution in [3.8, 4) is 0 Å². The smallest absolute Gasteiger partial charge is 0.323 e. The summed E-state index contributed by atoms with van der Waals surface area (Å²) in [6.45, 7) is 8.90. The van der Waals surface area contributed by atoms with Crippen LogP contribution in [0.4, 0.5) is 4.79 Å². The maximum Gasteiger partial charge on any atom is 0.323 e. The average molecular weight is 273 g/mol. The molecule has 3 amide bonds. The molecule has 7 nitrogen and oxygen atoms in total. The van der Waals surface area contributed by atoms with Crippen molar-refractivity contribution in [2.45, 2.75) is 46.2 Å². The Morgan fingerprint density at radius 2 is 1.79 bits per heavy atom. The summed E-state index contributed by atoms with van der Waals surface area (Å²) in [6, 6.07) is -1.30. The first-order chi connectivity index (χ1) is 8.68. The molecule has 3 N–H and O–H groups in total. The van der Waals surface area contributed by atoms with Crippen molar-refractivity contribution in [1.29, 1.82) is 0 Å². The Morgan fingerprint density at radius 1 is 1.26 bits per heavy atom. The molecule has 0 rings (SSSR count). The number of hydrogen-bond acceptors (Lipinski definition) is 4. The van der Waals surface area contributed by atoms with Crippen molar-refractivity contribution >= 4 is 17.9 Å². The molecular weight excluding hydrogens is 250 g/mol. The van der Waals surface area contributed by atoms with Crippen LogP contribution in [0.2, 0.25) is 0 Å². The first-order valence-electron chi connectivity index (χ1n) is 6.27. The third-order valence-corrected chi connectivity index (χ3v) is 3.00. The zero-order valence-corrected chi connectivity index (χ0v) is 12.1. The highest BCUT2D eigenvalue weighted by Gasteiger charge is 2.38. The molecular formula is C12H23N3O4. The zero-order valence-electron chi connectivity index (χ0n) is 12.1. The highest BCUT2D eigenvalue weighted by Crippen LogP contribution is 2.18. The van der Waals surface area contributed by atoms with Crippen molar-refractivity contribution in [3.05, 3.63) is 0 Å². The number of aliphatic carboxylic acids is 1. The van der Waals surface area contributed by atoms with E-state index in [1.165, 1.54) is 18.7 Å². The van der Waals surface area contributed by atoms with Gasteiger partial charge in [-0.1, -0.05) is 6.92 Å². The first kappa shape index (κ1) is 17.4. The molecule has 0 radical (unpaired) electrons. The van der Waals surface area contributed by atoms with Gasteiger partial charge in [-0.25, -0.2) is 4.79 Å². The summed E-state index contributed by atoms with van der Waals surface area (Å²) in [5.41, 5.74) is -1.19. The SMILES string of the molecule is CCNC(=O)NC(=O)C(C)N(CC)C(C)(C)C(=O)O. The molecule has 0 aliphatic rings. The molecule has 0 spiro atoms. The molecule has 0 saturated heterocycles. The Kier molecular flexibility index (Phi) is 6.47. The van der Waals surface area contributed by atoms with Crippen molar-refractivity contribution in [3.63, 3.8) is 0 Å². The van der Waals surface area contributed by atoms with Gasteiger partial charge in [0.2, 0.25) is 5.91 Å². The molecule has 0 aliphatic heterocycles. The van der Waals surface area contributed by atoms with Crippen molar-refractivity contribution in [1.82, 2.24) is 15.5 Å². The Labute approximate surface area is 113 Å². The summed E-state index contributed by atoms with van der Waals surface area (Å²) in [6.07, 6.45) is 0. The Bertz CT molecular complexity index is 355. The summed E-state index contributed by atoms with van der Waals surface area (Å²) in [5.74, 6) is -1.55. The average Bonchev–Trinajstić information content (AvgIpc) is 2.29. The lowest BCUT2D eigenvalue weighted by atomic mass is 10.0. The quantitative estimate of drug-likeness (QED) is 0.651. The minimum Gasteiger partial charge on any atom is -0.480 e. The second-order valence-corrected chi connectivity index (χ2v) is 4.67. The van der Waals surface area contributed by atoms with Gasteiger partial charge in [0.15, 0.2) is 0 Å². The predicted octanol–water partition coefficient (Wildman–Crippen LogP) is 0.406. The number of urea groups is 1. The van der Waals surface area contributed by atoms with Crippen LogP contribution in [0, 0.1) is 0 Å². The fourth-order valence-electron chi connectivity index (χ4n) is 1.84. The van der Waals surface area contributed by atoms with E-state index in [0.29, 0.717) is 13.1 Å². The van der Waals surface area contributed by atoms with Gasteiger partial charge in [-0.2, -0.15) is 0 Å². The van der Waals surface area contributed by atoms with Crippen LogP contribution in [0.3, 0.4) is 0 Å². The van der Waals surface area contributed by atoms with Crippen molar-refractivity contribution < 1.29 is 19.5 Å². The van der Waals surface area contributed by atoms with E-state index >= 15 is 0 Å². The van der Waals surface area contributed by atoms with E-state index in [1.54, 1.807) is 20.8 Å². The molecule has 1 unspecified atom stereocenters. The van der Waals surface area contributed by atoms with Gasteiger partial charge in [0.25, 0.3) is 0 Å². The number of rotatable bonds is 6. The summed E-state index contributed by atoms with van der Waals surface area (Å²) in [4.78, 5) is 35.9. The third kappa shape index (κ3) is 4.51. The van der Waals surface area contributed by atoms with Crippen LogP contribution in [0.15, 0.2) is 0 Å². The molecule has 7 heteroatoms. The molecule has 0 aromatic heterocycles. The highest BCUT2D eigenvalue weighted by atomic mass is 16.4. The number of imide groups is 1. The number of hydrogen-bond donors (Lipinski definition) is 3. The number of carboxylic acid groups (broad SMARTS) is 1. The van der Waals surface area contributed by atoms with E-state index in [0.717, 1.165) is 0 Å². The number of amides is 3. The van der Waals surface area contributed by atoms with Gasteiger partial charge >= 0.3 is 12.0 Å². The van der Waals surface area contributed by atoms with Gasteiger partial charge in [-0.3, -0.25) is 19.8 Å². The lowest BCUT2D eigenvalue weighted by Gasteiger charge is -2.37. The van der Waals surface area contributed by atoms with Gasteiger partial charge in [0, 0.05) is 6.54 Å². The van der Waals surface area contributed by atoms with Crippen molar-refractivity contribution in [2.75, 3.05) is 13.1 Å². The monoisotopic (exact) mass is 273 g/mol. The largest absolute Gasteiger partial charge is 0.480 e. The van der Waals surface area contributed by atoms with Gasteiger partial charge in [-0.15, -0.1) is 0 Å². The van der Waals surface area contributed by atoms with Gasteiger partial charge in [0.05, 0.1) is 6.04 Å². The number of carboxylic acids is 1. The van der Waals surface area contributed by atoms with Crippen LogP contribution in [0.5, 0.6) is 0 Å². The fraction of sp³-hybridized carbons (Fsp3) is 0.750. The maximum absolute atomic E-state index is 11.9. The van der Waals surface area contributed by atoms with E-state index in [-0.39, 0.29) is 0 Å². The molecule has 0 heterocycles. The van der Waals surface area contributed by atoms with Gasteiger partial charge < -0.3 is 10.4 Å². The predicted molar refractivity (Wildman–Crippen MR) is 70.8 cm³/mol. The van der Waals surface area contributed by atoms with Crippen LogP contribution in [-0.2, 0) is 9.59 Å². The maximum atomic E-state index is 11.9. The molecule has 19 heavy (non-hydrogen) atoms. The summed E-state index contributed by atoms with van der Waals surface area (Å²) in [7, 11) is 0. The van der Waals surface area contributed by atoms with Gasteiger partial charge in [-0.05, 0) is 34.2 Å². The normalized spacial score (nSPS) is 12.9. The number of likely N-dealkylation sites (N-methyl/N-ethyl adjacent to an activating group) is 1. The van der Waals surface area contributed by atoms with E-state index < -0.39 is 29.5 Å². The zero-order chi connectivity index (χ0) is 15.2. The number of nitrogens with one attached hydrogen (secondary N) is 2. The van der Waals surface area contributed by atoms with Crippen molar-refractivity contribution in [2.24, 2.45) is 0 Å². The third-order valence-electron chi connectivity index (χ3n) is 3.00. The second kappa shape index (κ2) is 7.08. The molecule has 0 aliphatic carbocycles. The Hall–Kier alpha value is -1.63. The van der Waals surface area contributed by atoms with E-state index in [1.807, 2.05) is 0 Å². The minimum atomic E-state index is -1.19. The highest BCUT2D eigenvalue weighted by molar-refractivity contribution is 5.97. The van der Waals surface area contributed by atoms with Crippen LogP contribution < -0.4 is 10.6 Å². The number of carbonyl (C=O) groups is 3. The molecule has 0 fully saturated rings. The van der Waals surface area contributed by atoms with Gasteiger partial charge in [0.1, 0.15) is 5.54 Å².